The maximum atomic E-state index is 13.0. The van der Waals surface area contributed by atoms with E-state index in [1.165, 1.54) is 12.1 Å². The van der Waals surface area contributed by atoms with Gasteiger partial charge in [-0.3, -0.25) is 4.79 Å². The van der Waals surface area contributed by atoms with Gasteiger partial charge in [0.15, 0.2) is 0 Å². The van der Waals surface area contributed by atoms with Crippen molar-refractivity contribution < 1.29 is 14.0 Å². The first-order valence-corrected chi connectivity index (χ1v) is 7.54. The summed E-state index contributed by atoms with van der Waals surface area (Å²) in [4.78, 5) is 23.1. The zero-order valence-electron chi connectivity index (χ0n) is 12.8. The molecule has 122 valence electrons. The maximum absolute atomic E-state index is 13.0. The average molecular weight is 317 g/mol. The van der Waals surface area contributed by atoms with Crippen LogP contribution in [0.5, 0.6) is 0 Å². The van der Waals surface area contributed by atoms with Crippen molar-refractivity contribution in [2.24, 2.45) is 0 Å². The Labute approximate surface area is 135 Å². The molecule has 0 atom stereocenters. The Morgan fingerprint density at radius 2 is 1.87 bits per heavy atom. The van der Waals surface area contributed by atoms with Crippen molar-refractivity contribution in [1.82, 2.24) is 16.0 Å². The Morgan fingerprint density at radius 1 is 1.17 bits per heavy atom. The van der Waals surface area contributed by atoms with Crippen LogP contribution in [0.15, 0.2) is 24.3 Å². The highest BCUT2D eigenvalue weighted by Gasteiger charge is 2.38. The minimum Gasteiger partial charge on any atom is -0.344 e. The summed E-state index contributed by atoms with van der Waals surface area (Å²) in [6, 6.07) is 5.99. The van der Waals surface area contributed by atoms with Gasteiger partial charge in [-0.25, -0.2) is 9.18 Å². The molecule has 2 rings (SSSR count). The molecular weight excluding hydrogens is 297 g/mol. The Hall–Kier alpha value is -2.55. The fraction of sp³-hybridized carbons (Fsp3) is 0.412. The highest BCUT2D eigenvalue weighted by atomic mass is 19.1. The van der Waals surface area contributed by atoms with Crippen LogP contribution in [0.4, 0.5) is 9.18 Å². The standard InChI is InChI=1S/C17H20FN3O2/c1-2-10-19-15(22)11-20-16(23)21-12-17(8-3-9-17)13-4-6-14(18)7-5-13/h1,4-7H,3,8-12H2,(H,19,22)(H2,20,21,23). The third kappa shape index (κ3) is 4.46. The lowest BCUT2D eigenvalue weighted by atomic mass is 9.64. The number of benzene rings is 1. The molecule has 1 aliphatic carbocycles. The van der Waals surface area contributed by atoms with Gasteiger partial charge in [-0.15, -0.1) is 6.42 Å². The molecule has 1 aliphatic rings. The molecule has 0 bridgehead atoms. The second-order valence-corrected chi connectivity index (χ2v) is 5.66. The van der Waals surface area contributed by atoms with Gasteiger partial charge in [0.1, 0.15) is 5.82 Å². The van der Waals surface area contributed by atoms with Crippen LogP contribution in [0.1, 0.15) is 24.8 Å². The molecule has 0 aromatic heterocycles. The number of amides is 3. The number of hydrogen-bond acceptors (Lipinski definition) is 2. The van der Waals surface area contributed by atoms with Gasteiger partial charge in [-0.05, 0) is 30.5 Å². The Bertz CT molecular complexity index is 603. The van der Waals surface area contributed by atoms with Gasteiger partial charge in [0.25, 0.3) is 0 Å². The summed E-state index contributed by atoms with van der Waals surface area (Å²) in [5.41, 5.74) is 0.883. The van der Waals surface area contributed by atoms with E-state index in [0.29, 0.717) is 6.54 Å². The molecule has 6 heteroatoms. The number of rotatable bonds is 6. The fourth-order valence-corrected chi connectivity index (χ4v) is 2.66. The lowest BCUT2D eigenvalue weighted by Gasteiger charge is -2.42. The van der Waals surface area contributed by atoms with Crippen molar-refractivity contribution in [2.45, 2.75) is 24.7 Å². The molecular formula is C17H20FN3O2. The van der Waals surface area contributed by atoms with Gasteiger partial charge in [-0.1, -0.05) is 24.5 Å². The molecule has 1 fully saturated rings. The van der Waals surface area contributed by atoms with E-state index in [2.05, 4.69) is 21.9 Å². The minimum absolute atomic E-state index is 0.128. The number of carbonyl (C=O) groups is 2. The van der Waals surface area contributed by atoms with Crippen LogP contribution >= 0.6 is 0 Å². The summed E-state index contributed by atoms with van der Waals surface area (Å²) >= 11 is 0. The Morgan fingerprint density at radius 3 is 2.43 bits per heavy atom. The number of halogens is 1. The smallest absolute Gasteiger partial charge is 0.315 e. The molecule has 0 saturated heterocycles. The first-order chi connectivity index (χ1) is 11.1. The van der Waals surface area contributed by atoms with E-state index in [4.69, 9.17) is 6.42 Å². The summed E-state index contributed by atoms with van der Waals surface area (Å²) in [7, 11) is 0. The predicted octanol–water partition coefficient (Wildman–Crippen LogP) is 1.30. The summed E-state index contributed by atoms with van der Waals surface area (Å²) in [5.74, 6) is 1.67. The number of urea groups is 1. The van der Waals surface area contributed by atoms with Crippen LogP contribution in [-0.2, 0) is 10.2 Å². The molecule has 3 N–H and O–H groups in total. The quantitative estimate of drug-likeness (QED) is 0.692. The van der Waals surface area contributed by atoms with Crippen molar-refractivity contribution in [3.63, 3.8) is 0 Å². The lowest BCUT2D eigenvalue weighted by molar-refractivity contribution is -0.119. The van der Waals surface area contributed by atoms with Crippen LogP contribution < -0.4 is 16.0 Å². The van der Waals surface area contributed by atoms with Gasteiger partial charge in [-0.2, -0.15) is 0 Å². The van der Waals surface area contributed by atoms with Crippen LogP contribution in [0.3, 0.4) is 0 Å². The Kier molecular flexibility index (Phi) is 5.58. The van der Waals surface area contributed by atoms with E-state index in [1.54, 1.807) is 12.1 Å². The third-order valence-electron chi connectivity index (χ3n) is 4.15. The number of nitrogens with one attached hydrogen (secondary N) is 3. The van der Waals surface area contributed by atoms with Crippen molar-refractivity contribution >= 4 is 11.9 Å². The van der Waals surface area contributed by atoms with Crippen LogP contribution in [0.2, 0.25) is 0 Å². The molecule has 1 aromatic rings. The van der Waals surface area contributed by atoms with E-state index in [9.17, 15) is 14.0 Å². The molecule has 5 nitrogen and oxygen atoms in total. The summed E-state index contributed by atoms with van der Waals surface area (Å²) in [6.45, 7) is 0.462. The van der Waals surface area contributed by atoms with Crippen molar-refractivity contribution in [3.05, 3.63) is 35.6 Å². The second kappa shape index (κ2) is 7.63. The number of hydrogen-bond donors (Lipinski definition) is 3. The molecule has 0 spiro atoms. The predicted molar refractivity (Wildman–Crippen MR) is 85.2 cm³/mol. The number of carbonyl (C=O) groups excluding carboxylic acids is 2. The van der Waals surface area contributed by atoms with E-state index in [0.717, 1.165) is 24.8 Å². The molecule has 0 aliphatic heterocycles. The largest absolute Gasteiger partial charge is 0.344 e. The van der Waals surface area contributed by atoms with E-state index in [1.807, 2.05) is 0 Å². The summed E-state index contributed by atoms with van der Waals surface area (Å²) in [5, 5.41) is 7.73. The van der Waals surface area contributed by atoms with E-state index < -0.39 is 6.03 Å². The lowest BCUT2D eigenvalue weighted by Crippen LogP contribution is -2.49. The highest BCUT2D eigenvalue weighted by Crippen LogP contribution is 2.43. The second-order valence-electron chi connectivity index (χ2n) is 5.66. The normalized spacial score (nSPS) is 15.0. The van der Waals surface area contributed by atoms with Crippen molar-refractivity contribution in [2.75, 3.05) is 19.6 Å². The zero-order valence-corrected chi connectivity index (χ0v) is 12.8. The number of terminal acetylenes is 1. The van der Waals surface area contributed by atoms with Gasteiger partial charge in [0, 0.05) is 12.0 Å². The SMILES string of the molecule is C#CCNC(=O)CNC(=O)NCC1(c2ccc(F)cc2)CCC1. The van der Waals surface area contributed by atoms with Gasteiger partial charge < -0.3 is 16.0 Å². The zero-order chi connectivity index (χ0) is 16.7. The molecule has 23 heavy (non-hydrogen) atoms. The minimum atomic E-state index is -0.408. The monoisotopic (exact) mass is 317 g/mol. The maximum Gasteiger partial charge on any atom is 0.315 e. The van der Waals surface area contributed by atoms with Crippen LogP contribution in [-0.4, -0.2) is 31.6 Å². The van der Waals surface area contributed by atoms with E-state index in [-0.39, 0.29) is 30.2 Å². The molecule has 1 saturated carbocycles. The van der Waals surface area contributed by atoms with Crippen molar-refractivity contribution in [3.8, 4) is 12.3 Å². The highest BCUT2D eigenvalue weighted by molar-refractivity contribution is 5.84. The van der Waals surface area contributed by atoms with Crippen LogP contribution in [0, 0.1) is 18.2 Å². The summed E-state index contributed by atoms with van der Waals surface area (Å²) in [6.07, 6.45) is 8.00. The summed E-state index contributed by atoms with van der Waals surface area (Å²) < 4.78 is 13.0. The molecule has 0 radical (unpaired) electrons. The van der Waals surface area contributed by atoms with E-state index >= 15 is 0 Å². The first-order valence-electron chi connectivity index (χ1n) is 7.54. The van der Waals surface area contributed by atoms with Crippen molar-refractivity contribution in [1.29, 1.82) is 0 Å². The Balaban J connectivity index is 1.81. The van der Waals surface area contributed by atoms with Crippen LogP contribution in [0.25, 0.3) is 0 Å². The molecule has 0 heterocycles. The third-order valence-corrected chi connectivity index (χ3v) is 4.15. The molecule has 0 unspecified atom stereocenters. The van der Waals surface area contributed by atoms with Gasteiger partial charge in [0.2, 0.25) is 5.91 Å². The fourth-order valence-electron chi connectivity index (χ4n) is 2.66. The first kappa shape index (κ1) is 16.8. The molecule has 3 amide bonds. The van der Waals surface area contributed by atoms with Gasteiger partial charge >= 0.3 is 6.03 Å². The molecule has 1 aromatic carbocycles. The average Bonchev–Trinajstić information content (AvgIpc) is 2.51. The topological polar surface area (TPSA) is 70.2 Å². The van der Waals surface area contributed by atoms with Gasteiger partial charge in [0.05, 0.1) is 13.1 Å².